The van der Waals surface area contributed by atoms with E-state index in [4.69, 9.17) is 4.74 Å². The lowest BCUT2D eigenvalue weighted by molar-refractivity contribution is -0.116. The highest BCUT2D eigenvalue weighted by molar-refractivity contribution is 9.10. The molecule has 4 aromatic rings. The number of para-hydroxylation sites is 1. The number of nitrogens with zero attached hydrogens (tertiary/aromatic N) is 3. The third kappa shape index (κ3) is 2.80. The molecule has 8 heteroatoms. The first-order chi connectivity index (χ1) is 13.6. The van der Waals surface area contributed by atoms with E-state index in [1.165, 1.54) is 0 Å². The number of benzene rings is 2. The number of nitrogens with one attached hydrogen (secondary N) is 1. The fraction of sp³-hybridized carbons (Fsp3) is 0.150. The molecule has 1 amide bonds. The molecule has 1 aliphatic rings. The number of halogens is 1. The third-order valence-corrected chi connectivity index (χ3v) is 6.36. The van der Waals surface area contributed by atoms with Crippen molar-refractivity contribution >= 4 is 49.2 Å². The van der Waals surface area contributed by atoms with E-state index in [1.807, 2.05) is 48.7 Å². The molecule has 6 nitrogen and oxygen atoms in total. The fourth-order valence-electron chi connectivity index (χ4n) is 3.57. The molecule has 0 unspecified atom stereocenters. The van der Waals surface area contributed by atoms with Crippen LogP contribution < -0.4 is 10.1 Å². The van der Waals surface area contributed by atoms with Gasteiger partial charge < -0.3 is 10.1 Å². The number of thiazole rings is 1. The molecule has 0 radical (unpaired) electrons. The first kappa shape index (κ1) is 17.4. The maximum atomic E-state index is 12.5. The average molecular weight is 455 g/mol. The van der Waals surface area contributed by atoms with E-state index in [0.717, 1.165) is 36.7 Å². The van der Waals surface area contributed by atoms with Gasteiger partial charge in [-0.2, -0.15) is 9.78 Å². The zero-order valence-electron chi connectivity index (χ0n) is 14.8. The first-order valence-corrected chi connectivity index (χ1v) is 10.3. The van der Waals surface area contributed by atoms with Crippen LogP contribution >= 0.6 is 27.3 Å². The number of methoxy groups -OCH3 is 1. The molecule has 2 aromatic carbocycles. The van der Waals surface area contributed by atoms with Gasteiger partial charge in [-0.25, -0.2) is 4.98 Å². The van der Waals surface area contributed by atoms with E-state index >= 15 is 0 Å². The molecule has 1 aliphatic heterocycles. The van der Waals surface area contributed by atoms with E-state index in [2.05, 4.69) is 31.3 Å². The summed E-state index contributed by atoms with van der Waals surface area (Å²) in [6.07, 6.45) is 2.15. The number of amides is 1. The first-order valence-electron chi connectivity index (χ1n) is 8.71. The van der Waals surface area contributed by atoms with Crippen molar-refractivity contribution in [3.8, 4) is 10.9 Å². The van der Waals surface area contributed by atoms with Crippen molar-refractivity contribution in [3.63, 3.8) is 0 Å². The number of ether oxygens (including phenoxy) is 1. The number of carbonyl (C=O) groups is 1. The zero-order chi connectivity index (χ0) is 19.3. The van der Waals surface area contributed by atoms with Crippen molar-refractivity contribution in [2.45, 2.75) is 12.3 Å². The van der Waals surface area contributed by atoms with Crippen LogP contribution in [-0.2, 0) is 4.79 Å². The minimum absolute atomic E-state index is 0.0533. The Hall–Kier alpha value is -2.71. The monoisotopic (exact) mass is 454 g/mol. The molecule has 3 heterocycles. The van der Waals surface area contributed by atoms with Gasteiger partial charge in [0.1, 0.15) is 11.6 Å². The van der Waals surface area contributed by atoms with Crippen LogP contribution in [0, 0.1) is 0 Å². The van der Waals surface area contributed by atoms with Crippen molar-refractivity contribution in [1.82, 2.24) is 14.8 Å². The second kappa shape index (κ2) is 6.72. The second-order valence-electron chi connectivity index (χ2n) is 6.52. The molecular formula is C20H15BrN4O2S. The molecule has 28 heavy (non-hydrogen) atoms. The molecule has 0 bridgehead atoms. The van der Waals surface area contributed by atoms with Gasteiger partial charge in [0.05, 0.1) is 23.5 Å². The van der Waals surface area contributed by atoms with E-state index in [9.17, 15) is 4.79 Å². The molecule has 1 N–H and O–H groups in total. The van der Waals surface area contributed by atoms with Gasteiger partial charge in [-0.1, -0.05) is 39.4 Å². The highest BCUT2D eigenvalue weighted by Crippen LogP contribution is 2.42. The van der Waals surface area contributed by atoms with Crippen LogP contribution in [0.1, 0.15) is 23.5 Å². The molecule has 0 aliphatic carbocycles. The number of carbonyl (C=O) groups excluding carboxylic acids is 1. The Morgan fingerprint density at radius 3 is 2.93 bits per heavy atom. The highest BCUT2D eigenvalue weighted by atomic mass is 79.9. The normalized spacial score (nSPS) is 16.1. The predicted octanol–water partition coefficient (Wildman–Crippen LogP) is 4.73. The van der Waals surface area contributed by atoms with Crippen molar-refractivity contribution in [2.24, 2.45) is 0 Å². The van der Waals surface area contributed by atoms with Gasteiger partial charge in [-0.05, 0) is 30.3 Å². The quantitative estimate of drug-likeness (QED) is 0.485. The van der Waals surface area contributed by atoms with Crippen LogP contribution in [0.25, 0.3) is 15.3 Å². The van der Waals surface area contributed by atoms with Crippen LogP contribution in [0.5, 0.6) is 5.75 Å². The van der Waals surface area contributed by atoms with Gasteiger partial charge in [0.25, 0.3) is 0 Å². The van der Waals surface area contributed by atoms with Crippen molar-refractivity contribution in [2.75, 3.05) is 12.4 Å². The molecule has 0 saturated heterocycles. The molecule has 2 aromatic heterocycles. The summed E-state index contributed by atoms with van der Waals surface area (Å²) in [6, 6.07) is 13.8. The number of rotatable bonds is 3. The van der Waals surface area contributed by atoms with E-state index < -0.39 is 0 Å². The number of aromatic nitrogens is 3. The zero-order valence-corrected chi connectivity index (χ0v) is 17.3. The summed E-state index contributed by atoms with van der Waals surface area (Å²) in [5.74, 6) is 1.23. The minimum atomic E-state index is -0.140. The maximum absolute atomic E-state index is 12.5. The summed E-state index contributed by atoms with van der Waals surface area (Å²) in [7, 11) is 1.64. The van der Waals surface area contributed by atoms with Crippen LogP contribution in [0.3, 0.4) is 0 Å². The molecular weight excluding hydrogens is 440 g/mol. The Labute approximate surface area is 173 Å². The predicted molar refractivity (Wildman–Crippen MR) is 113 cm³/mol. The fourth-order valence-corrected chi connectivity index (χ4v) is 4.88. The van der Waals surface area contributed by atoms with Gasteiger partial charge in [0.15, 0.2) is 0 Å². The van der Waals surface area contributed by atoms with Crippen molar-refractivity contribution < 1.29 is 9.53 Å². The highest BCUT2D eigenvalue weighted by Gasteiger charge is 2.32. The number of hydrogen-bond donors (Lipinski definition) is 1. The lowest BCUT2D eigenvalue weighted by Crippen LogP contribution is -2.24. The van der Waals surface area contributed by atoms with E-state index in [1.54, 1.807) is 23.1 Å². The number of fused-ring (bicyclic) bond motifs is 2. The third-order valence-electron chi connectivity index (χ3n) is 4.85. The van der Waals surface area contributed by atoms with E-state index in [0.29, 0.717) is 12.2 Å². The smallest absolute Gasteiger partial charge is 0.226 e. The Bertz CT molecular complexity index is 1180. The topological polar surface area (TPSA) is 69.0 Å². The SMILES string of the molecule is COc1ccc(Br)cc1[C@H]1CC(=O)Nc2c1cnn2-c1nc2ccccc2s1. The second-order valence-corrected chi connectivity index (χ2v) is 8.44. The van der Waals surface area contributed by atoms with Gasteiger partial charge in [0, 0.05) is 27.9 Å². The Balaban J connectivity index is 1.65. The van der Waals surface area contributed by atoms with E-state index in [-0.39, 0.29) is 11.8 Å². The molecule has 0 spiro atoms. The molecule has 0 fully saturated rings. The summed E-state index contributed by atoms with van der Waals surface area (Å²) in [4.78, 5) is 17.2. The summed E-state index contributed by atoms with van der Waals surface area (Å²) >= 11 is 5.07. The maximum Gasteiger partial charge on any atom is 0.226 e. The number of hydrogen-bond acceptors (Lipinski definition) is 5. The molecule has 5 rings (SSSR count). The van der Waals surface area contributed by atoms with Crippen LogP contribution in [-0.4, -0.2) is 27.8 Å². The summed E-state index contributed by atoms with van der Waals surface area (Å²) in [5.41, 5.74) is 2.83. The van der Waals surface area contributed by atoms with Gasteiger partial charge in [0.2, 0.25) is 11.0 Å². The standard InChI is InChI=1S/C20H15BrN4O2S/c1-27-16-7-6-11(21)8-13(16)12-9-18(26)24-19-14(12)10-22-25(19)20-23-15-4-2-3-5-17(15)28-20/h2-8,10,12H,9H2,1H3,(H,24,26)/t12-/m1/s1. The summed E-state index contributed by atoms with van der Waals surface area (Å²) in [5, 5.41) is 8.25. The molecule has 140 valence electrons. The largest absolute Gasteiger partial charge is 0.496 e. The summed E-state index contributed by atoms with van der Waals surface area (Å²) in [6.45, 7) is 0. The van der Waals surface area contributed by atoms with Crippen molar-refractivity contribution in [3.05, 3.63) is 64.3 Å². The van der Waals surface area contributed by atoms with Crippen molar-refractivity contribution in [1.29, 1.82) is 0 Å². The minimum Gasteiger partial charge on any atom is -0.496 e. The van der Waals surface area contributed by atoms with Gasteiger partial charge >= 0.3 is 0 Å². The van der Waals surface area contributed by atoms with Crippen LogP contribution in [0.4, 0.5) is 5.82 Å². The molecule has 1 atom stereocenters. The van der Waals surface area contributed by atoms with Crippen LogP contribution in [0.15, 0.2) is 53.1 Å². The van der Waals surface area contributed by atoms with Gasteiger partial charge in [-0.15, -0.1) is 0 Å². The average Bonchev–Trinajstić information content (AvgIpc) is 3.30. The van der Waals surface area contributed by atoms with Gasteiger partial charge in [-0.3, -0.25) is 4.79 Å². The Kier molecular flexibility index (Phi) is 4.17. The van der Waals surface area contributed by atoms with Crippen LogP contribution in [0.2, 0.25) is 0 Å². The lowest BCUT2D eigenvalue weighted by atomic mass is 9.87. The summed E-state index contributed by atoms with van der Waals surface area (Å²) < 4.78 is 9.28. The number of anilines is 1. The lowest BCUT2D eigenvalue weighted by Gasteiger charge is -2.25. The Morgan fingerprint density at radius 1 is 1.25 bits per heavy atom. The Morgan fingerprint density at radius 2 is 2.11 bits per heavy atom. The molecule has 0 saturated carbocycles.